The highest BCUT2D eigenvalue weighted by molar-refractivity contribution is 5.95. The zero-order valence-electron chi connectivity index (χ0n) is 28.4. The molecule has 0 saturated heterocycles. The Bertz CT molecular complexity index is 1200. The zero-order chi connectivity index (χ0) is 38.9. The van der Waals surface area contributed by atoms with E-state index in [2.05, 4.69) is 42.5 Å². The van der Waals surface area contributed by atoms with Crippen LogP contribution in [0.15, 0.2) is 0 Å². The molecule has 0 spiro atoms. The lowest BCUT2D eigenvalue weighted by Gasteiger charge is -2.26. The Labute approximate surface area is 294 Å². The minimum atomic E-state index is -1.61. The Morgan fingerprint density at radius 3 is 1.14 bits per heavy atom. The summed E-state index contributed by atoms with van der Waals surface area (Å²) in [6.45, 7) is -0.173. The van der Waals surface area contributed by atoms with E-state index in [-0.39, 0.29) is 95.0 Å². The first-order valence-electron chi connectivity index (χ1n) is 16.1. The molecule has 0 fully saturated rings. The van der Waals surface area contributed by atoms with Gasteiger partial charge in [0.05, 0.1) is 12.6 Å². The number of guanidine groups is 4. The highest BCUT2D eigenvalue weighted by Gasteiger charge is 2.31. The lowest BCUT2D eigenvalue weighted by molar-refractivity contribution is -0.142. The predicted molar refractivity (Wildman–Crippen MR) is 187 cm³/mol. The molecular formula is C27H55N17O7. The largest absolute Gasteiger partial charge is 0.480 e. The molecule has 0 aromatic heterocycles. The number of amides is 4. The average molecular weight is 730 g/mol. The minimum Gasteiger partial charge on any atom is -0.480 e. The number of aliphatic hydroxyl groups is 1. The van der Waals surface area contributed by atoms with E-state index in [1.165, 1.54) is 0 Å². The summed E-state index contributed by atoms with van der Waals surface area (Å²) in [5, 5.41) is 68.4. The fraction of sp³-hybridized carbons (Fsp3) is 0.667. The number of carboxylic acids is 1. The van der Waals surface area contributed by atoms with Gasteiger partial charge in [-0.05, 0) is 51.4 Å². The third-order valence-corrected chi connectivity index (χ3v) is 7.00. The van der Waals surface area contributed by atoms with Gasteiger partial charge in [0.2, 0.25) is 23.6 Å². The number of hydrogen-bond donors (Lipinski definition) is 19. The van der Waals surface area contributed by atoms with Gasteiger partial charge in [0.1, 0.15) is 24.2 Å². The molecule has 0 aliphatic rings. The standard InChI is InChI=1S/C27H55N17O7/c28-14(5-1-9-37-24(29)30)19(46)41-15(6-2-10-38-25(31)32)21(48)44-18(13-45)22(49)42-16(7-3-11-39-26(33)34)20(47)43-17(23(50)51)8-4-12-40-27(35)36/h14-18,45H,1-13,28H2,(H,41,46)(H,42,49)(H,43,47)(H,44,48)(H,50,51)(H4,29,30,37)(H4,31,32,38)(H4,33,34,39)(H4,35,36,40)/t14-,15-,16-,17-,18-/m0/s1. The molecule has 51 heavy (non-hydrogen) atoms. The molecule has 0 aliphatic carbocycles. The lowest BCUT2D eigenvalue weighted by Crippen LogP contribution is -2.59. The summed E-state index contributed by atoms with van der Waals surface area (Å²) >= 11 is 0. The van der Waals surface area contributed by atoms with Crippen LogP contribution in [-0.4, -0.2) is 127 Å². The molecule has 0 rings (SSSR count). The molecule has 0 saturated carbocycles. The molecular weight excluding hydrogens is 674 g/mol. The van der Waals surface area contributed by atoms with Gasteiger partial charge in [-0.1, -0.05) is 0 Å². The Balaban J connectivity index is 5.78. The second kappa shape index (κ2) is 25.3. The van der Waals surface area contributed by atoms with E-state index in [1.54, 1.807) is 0 Å². The normalized spacial score (nSPS) is 13.5. The van der Waals surface area contributed by atoms with Crippen molar-refractivity contribution in [1.82, 2.24) is 42.5 Å². The highest BCUT2D eigenvalue weighted by Crippen LogP contribution is 2.05. The van der Waals surface area contributed by atoms with E-state index in [0.717, 1.165) is 0 Å². The van der Waals surface area contributed by atoms with Crippen LogP contribution in [0.2, 0.25) is 0 Å². The van der Waals surface area contributed by atoms with Gasteiger partial charge >= 0.3 is 5.97 Å². The number of carbonyl (C=O) groups excluding carboxylic acids is 4. The predicted octanol–water partition coefficient (Wildman–Crippen LogP) is -6.62. The molecule has 0 bridgehead atoms. The topological polar surface area (TPSA) is 448 Å². The van der Waals surface area contributed by atoms with Crippen molar-refractivity contribution in [3.63, 3.8) is 0 Å². The second-order valence-corrected chi connectivity index (χ2v) is 11.3. The quantitative estimate of drug-likeness (QED) is 0.0223. The molecule has 24 nitrogen and oxygen atoms in total. The number of aliphatic hydroxyl groups excluding tert-OH is 1. The van der Waals surface area contributed by atoms with Crippen molar-refractivity contribution in [2.45, 2.75) is 81.6 Å². The number of nitrogens with one attached hydrogen (secondary N) is 12. The Hall–Kier alpha value is -5.65. The average Bonchev–Trinajstić information content (AvgIpc) is 3.04. The van der Waals surface area contributed by atoms with E-state index in [0.29, 0.717) is 6.42 Å². The second-order valence-electron chi connectivity index (χ2n) is 11.3. The number of nitrogens with two attached hydrogens (primary N) is 5. The van der Waals surface area contributed by atoms with Crippen LogP contribution in [0.25, 0.3) is 0 Å². The Morgan fingerprint density at radius 2 is 0.784 bits per heavy atom. The van der Waals surface area contributed by atoms with Crippen LogP contribution in [0, 0.1) is 21.6 Å². The Kier molecular flexibility index (Phi) is 22.5. The highest BCUT2D eigenvalue weighted by atomic mass is 16.4. The monoisotopic (exact) mass is 729 g/mol. The molecule has 24 N–H and O–H groups in total. The molecule has 4 amide bonds. The molecule has 5 atom stereocenters. The SMILES string of the molecule is N=C(N)NCCC[C@H](NC(=O)[C@H](CCCNC(=N)N)NC(=O)[C@H](CO)NC(=O)[C@H](CCCNC(=N)N)NC(=O)[C@@H](N)CCCNC(=N)N)C(=O)O. The first kappa shape index (κ1) is 45.3. The Morgan fingerprint density at radius 1 is 0.490 bits per heavy atom. The smallest absolute Gasteiger partial charge is 0.326 e. The van der Waals surface area contributed by atoms with Crippen molar-refractivity contribution < 1.29 is 34.2 Å². The first-order valence-corrected chi connectivity index (χ1v) is 16.1. The lowest BCUT2D eigenvalue weighted by atomic mass is 10.1. The fourth-order valence-corrected chi connectivity index (χ4v) is 4.35. The van der Waals surface area contributed by atoms with Gasteiger partial charge in [-0.15, -0.1) is 0 Å². The van der Waals surface area contributed by atoms with Crippen LogP contribution in [0.5, 0.6) is 0 Å². The first-order chi connectivity index (χ1) is 24.0. The summed E-state index contributed by atoms with van der Waals surface area (Å²) in [7, 11) is 0. The summed E-state index contributed by atoms with van der Waals surface area (Å²) in [4.78, 5) is 64.4. The van der Waals surface area contributed by atoms with Crippen LogP contribution in [-0.2, 0) is 24.0 Å². The van der Waals surface area contributed by atoms with Crippen molar-refractivity contribution in [3.8, 4) is 0 Å². The van der Waals surface area contributed by atoms with Crippen LogP contribution < -0.4 is 71.2 Å². The minimum absolute atomic E-state index is 0.00290. The zero-order valence-corrected chi connectivity index (χ0v) is 28.4. The van der Waals surface area contributed by atoms with Crippen molar-refractivity contribution in [2.24, 2.45) is 28.7 Å². The van der Waals surface area contributed by atoms with Crippen molar-refractivity contribution in [2.75, 3.05) is 32.8 Å². The molecule has 0 aromatic carbocycles. The molecule has 0 radical (unpaired) electrons. The van der Waals surface area contributed by atoms with Crippen LogP contribution in [0.3, 0.4) is 0 Å². The molecule has 24 heteroatoms. The van der Waals surface area contributed by atoms with E-state index in [9.17, 15) is 34.2 Å². The van der Waals surface area contributed by atoms with Crippen LogP contribution >= 0.6 is 0 Å². The molecule has 0 aromatic rings. The van der Waals surface area contributed by atoms with E-state index >= 15 is 0 Å². The van der Waals surface area contributed by atoms with Gasteiger partial charge in [-0.2, -0.15) is 0 Å². The van der Waals surface area contributed by atoms with Crippen molar-refractivity contribution in [3.05, 3.63) is 0 Å². The fourth-order valence-electron chi connectivity index (χ4n) is 4.35. The van der Waals surface area contributed by atoms with Gasteiger partial charge in [-0.25, -0.2) is 4.79 Å². The molecule has 0 heterocycles. The maximum atomic E-state index is 13.3. The number of aliphatic carboxylic acids is 1. The third kappa shape index (κ3) is 21.8. The van der Waals surface area contributed by atoms with Crippen LogP contribution in [0.4, 0.5) is 0 Å². The number of hydrogen-bond acceptors (Lipinski definition) is 11. The molecule has 0 aliphatic heterocycles. The summed E-state index contributed by atoms with van der Waals surface area (Å²) in [6.07, 6.45) is 1.09. The maximum Gasteiger partial charge on any atom is 0.326 e. The molecule has 0 unspecified atom stereocenters. The number of carbonyl (C=O) groups is 5. The number of carboxylic acid groups (broad SMARTS) is 1. The van der Waals surface area contributed by atoms with Crippen molar-refractivity contribution in [1.29, 1.82) is 21.6 Å². The van der Waals surface area contributed by atoms with Gasteiger partial charge in [-0.3, -0.25) is 40.8 Å². The summed E-state index contributed by atoms with van der Waals surface area (Å²) in [5.41, 5.74) is 27.0. The summed E-state index contributed by atoms with van der Waals surface area (Å²) in [5.74, 6) is -6.00. The van der Waals surface area contributed by atoms with Gasteiger partial charge in [0, 0.05) is 26.2 Å². The van der Waals surface area contributed by atoms with Crippen LogP contribution in [0.1, 0.15) is 51.4 Å². The summed E-state index contributed by atoms with van der Waals surface area (Å²) in [6, 6.07) is -6.62. The van der Waals surface area contributed by atoms with E-state index in [1.807, 2.05) is 0 Å². The van der Waals surface area contributed by atoms with Gasteiger partial charge < -0.3 is 81.4 Å². The van der Waals surface area contributed by atoms with E-state index in [4.69, 9.17) is 50.3 Å². The number of rotatable bonds is 26. The third-order valence-electron chi connectivity index (χ3n) is 7.00. The summed E-state index contributed by atoms with van der Waals surface area (Å²) < 4.78 is 0. The maximum absolute atomic E-state index is 13.3. The van der Waals surface area contributed by atoms with Crippen molar-refractivity contribution >= 4 is 53.4 Å². The van der Waals surface area contributed by atoms with Gasteiger partial charge in [0.25, 0.3) is 0 Å². The van der Waals surface area contributed by atoms with Gasteiger partial charge in [0.15, 0.2) is 23.8 Å². The van der Waals surface area contributed by atoms with E-state index < -0.39 is 66.4 Å². The molecule has 290 valence electrons.